The predicted octanol–water partition coefficient (Wildman–Crippen LogP) is 3.95. The first kappa shape index (κ1) is 17.8. The van der Waals surface area contributed by atoms with Crippen LogP contribution in [-0.4, -0.2) is 41.1 Å². The van der Waals surface area contributed by atoms with E-state index in [1.165, 1.54) is 12.1 Å². The van der Waals surface area contributed by atoms with Gasteiger partial charge in [0.2, 0.25) is 0 Å². The second kappa shape index (κ2) is 6.90. The molecule has 23 heavy (non-hydrogen) atoms. The Hall–Kier alpha value is -1.57. The molecule has 0 unspecified atom stereocenters. The number of nitrogens with zero attached hydrogens (tertiary/aromatic N) is 1. The highest BCUT2D eigenvalue weighted by molar-refractivity contribution is 9.10. The Morgan fingerprint density at radius 2 is 1.83 bits per heavy atom. The van der Waals surface area contributed by atoms with E-state index in [1.807, 2.05) is 0 Å². The Balaban J connectivity index is 2.26. The van der Waals surface area contributed by atoms with E-state index in [0.717, 1.165) is 30.2 Å². The molecule has 0 spiro atoms. The van der Waals surface area contributed by atoms with E-state index in [4.69, 9.17) is 5.11 Å². The number of carbonyl (C=O) groups excluding carboxylic acids is 1. The molecule has 0 heterocycles. The van der Waals surface area contributed by atoms with Gasteiger partial charge in [0.1, 0.15) is 6.54 Å². The Kier molecular flexibility index (Phi) is 5.33. The summed E-state index contributed by atoms with van der Waals surface area (Å²) in [6.45, 7) is -1.30. The van der Waals surface area contributed by atoms with Gasteiger partial charge >= 0.3 is 12.1 Å². The van der Waals surface area contributed by atoms with Crippen LogP contribution in [0.5, 0.6) is 0 Å². The number of benzene rings is 1. The maximum absolute atomic E-state index is 12.7. The number of carboxylic acid groups (broad SMARTS) is 1. The van der Waals surface area contributed by atoms with Gasteiger partial charge in [0.05, 0.1) is 5.56 Å². The van der Waals surface area contributed by atoms with Crippen LogP contribution in [0.4, 0.5) is 13.2 Å². The fraction of sp³-hybridized carbons (Fsp3) is 0.467. The molecule has 0 radical (unpaired) electrons. The predicted molar refractivity (Wildman–Crippen MR) is 80.4 cm³/mol. The molecule has 1 aromatic rings. The molecule has 1 amide bonds. The van der Waals surface area contributed by atoms with E-state index in [2.05, 4.69) is 15.9 Å². The molecule has 1 saturated carbocycles. The van der Waals surface area contributed by atoms with E-state index in [-0.39, 0.29) is 23.6 Å². The molecule has 126 valence electrons. The fourth-order valence-corrected chi connectivity index (χ4v) is 2.94. The summed E-state index contributed by atoms with van der Waals surface area (Å²) in [6, 6.07) is 3.72. The number of alkyl halides is 3. The minimum absolute atomic E-state index is 0.0350. The summed E-state index contributed by atoms with van der Waals surface area (Å²) < 4.78 is 38.6. The second-order valence-electron chi connectivity index (χ2n) is 5.63. The summed E-state index contributed by atoms with van der Waals surface area (Å²) in [7, 11) is 0. The van der Waals surface area contributed by atoms with Crippen molar-refractivity contribution >= 4 is 27.8 Å². The summed E-state index contributed by atoms with van der Waals surface area (Å²) in [5.41, 5.74) is -0.223. The zero-order chi connectivity index (χ0) is 17.2. The van der Waals surface area contributed by atoms with Crippen LogP contribution in [0, 0.1) is 5.92 Å². The molecule has 0 saturated heterocycles. The lowest BCUT2D eigenvalue weighted by atomic mass is 9.85. The molecule has 1 aromatic carbocycles. The van der Waals surface area contributed by atoms with Gasteiger partial charge in [0.25, 0.3) is 5.91 Å². The molecule has 1 aliphatic carbocycles. The van der Waals surface area contributed by atoms with Crippen molar-refractivity contribution < 1.29 is 27.9 Å². The van der Waals surface area contributed by atoms with Crippen LogP contribution in [0.2, 0.25) is 0 Å². The smallest absolute Gasteiger partial charge is 0.406 e. The Bertz CT molecular complexity index is 614. The first-order valence-corrected chi connectivity index (χ1v) is 7.85. The first-order chi connectivity index (χ1) is 10.7. The Morgan fingerprint density at radius 1 is 1.22 bits per heavy atom. The van der Waals surface area contributed by atoms with Crippen molar-refractivity contribution in [3.63, 3.8) is 0 Å². The topological polar surface area (TPSA) is 57.6 Å². The van der Waals surface area contributed by atoms with Crippen molar-refractivity contribution in [2.24, 2.45) is 5.92 Å². The third kappa shape index (κ3) is 4.95. The Labute approximate surface area is 139 Å². The highest BCUT2D eigenvalue weighted by Gasteiger charge is 2.35. The zero-order valence-electron chi connectivity index (χ0n) is 12.1. The Morgan fingerprint density at radius 3 is 2.30 bits per heavy atom. The molecule has 1 N–H and O–H groups in total. The molecule has 2 rings (SSSR count). The number of carbonyl (C=O) groups is 2. The summed E-state index contributed by atoms with van der Waals surface area (Å²) in [4.78, 5) is 24.2. The molecule has 0 aliphatic heterocycles. The van der Waals surface area contributed by atoms with Crippen LogP contribution in [0.3, 0.4) is 0 Å². The van der Waals surface area contributed by atoms with E-state index < -0.39 is 24.6 Å². The third-order valence-electron chi connectivity index (χ3n) is 3.75. The molecule has 4 nitrogen and oxygen atoms in total. The zero-order valence-corrected chi connectivity index (χ0v) is 13.7. The highest BCUT2D eigenvalue weighted by atomic mass is 79.9. The highest BCUT2D eigenvalue weighted by Crippen LogP contribution is 2.29. The number of halogens is 4. The number of carboxylic acids is 1. The number of aromatic carboxylic acids is 1. The van der Waals surface area contributed by atoms with Gasteiger partial charge in [0.15, 0.2) is 0 Å². The van der Waals surface area contributed by atoms with Crippen molar-refractivity contribution in [1.29, 1.82) is 0 Å². The van der Waals surface area contributed by atoms with E-state index >= 15 is 0 Å². The standard InChI is InChI=1S/C15H15BrF3NO3/c16-12-5-10(4-11(6-12)14(22)23)13(21)20(8-15(17,18)19)7-9-2-1-3-9/h4-6,9H,1-3,7-8H2,(H,22,23). The SMILES string of the molecule is O=C(O)c1cc(Br)cc(C(=O)N(CC2CCC2)CC(F)(F)F)c1. The monoisotopic (exact) mass is 393 g/mol. The van der Waals surface area contributed by atoms with Gasteiger partial charge in [-0.2, -0.15) is 13.2 Å². The normalized spacial score (nSPS) is 15.1. The third-order valence-corrected chi connectivity index (χ3v) is 4.21. The lowest BCUT2D eigenvalue weighted by molar-refractivity contribution is -0.142. The maximum Gasteiger partial charge on any atom is 0.406 e. The van der Waals surface area contributed by atoms with E-state index in [9.17, 15) is 22.8 Å². The van der Waals surface area contributed by atoms with Gasteiger partial charge in [0, 0.05) is 16.6 Å². The van der Waals surface area contributed by atoms with Gasteiger partial charge in [-0.05, 0) is 37.0 Å². The lowest BCUT2D eigenvalue weighted by Crippen LogP contribution is -2.43. The molecule has 8 heteroatoms. The largest absolute Gasteiger partial charge is 0.478 e. The van der Waals surface area contributed by atoms with Gasteiger partial charge in [-0.3, -0.25) is 4.79 Å². The molecule has 0 bridgehead atoms. The molecular formula is C15H15BrF3NO3. The molecule has 1 fully saturated rings. The number of hydrogen-bond donors (Lipinski definition) is 1. The first-order valence-electron chi connectivity index (χ1n) is 7.05. The molecule has 1 aliphatic rings. The van der Waals surface area contributed by atoms with Crippen LogP contribution in [-0.2, 0) is 0 Å². The van der Waals surface area contributed by atoms with E-state index in [0.29, 0.717) is 4.47 Å². The van der Waals surface area contributed by atoms with Crippen molar-refractivity contribution in [2.45, 2.75) is 25.4 Å². The lowest BCUT2D eigenvalue weighted by Gasteiger charge is -2.33. The van der Waals surface area contributed by atoms with Crippen LogP contribution in [0.25, 0.3) is 0 Å². The fourth-order valence-electron chi connectivity index (χ4n) is 2.44. The summed E-state index contributed by atoms with van der Waals surface area (Å²) in [5, 5.41) is 9.01. The minimum Gasteiger partial charge on any atom is -0.478 e. The van der Waals surface area contributed by atoms with Gasteiger partial charge in [-0.25, -0.2) is 4.79 Å². The maximum atomic E-state index is 12.7. The van der Waals surface area contributed by atoms with Gasteiger partial charge < -0.3 is 10.0 Å². The quantitative estimate of drug-likeness (QED) is 0.823. The van der Waals surface area contributed by atoms with Crippen molar-refractivity contribution in [1.82, 2.24) is 4.90 Å². The average molecular weight is 394 g/mol. The summed E-state index contributed by atoms with van der Waals surface area (Å²) >= 11 is 3.08. The van der Waals surface area contributed by atoms with Gasteiger partial charge in [-0.1, -0.05) is 22.4 Å². The average Bonchev–Trinajstić information content (AvgIpc) is 2.38. The van der Waals surface area contributed by atoms with Crippen LogP contribution >= 0.6 is 15.9 Å². The number of hydrogen-bond acceptors (Lipinski definition) is 2. The summed E-state index contributed by atoms with van der Waals surface area (Å²) in [6.07, 6.45) is -1.93. The molecule has 0 atom stereocenters. The van der Waals surface area contributed by atoms with Crippen LogP contribution in [0.1, 0.15) is 40.0 Å². The minimum atomic E-state index is -4.50. The summed E-state index contributed by atoms with van der Waals surface area (Å²) in [5.74, 6) is -1.98. The van der Waals surface area contributed by atoms with Crippen molar-refractivity contribution in [2.75, 3.05) is 13.1 Å². The van der Waals surface area contributed by atoms with Gasteiger partial charge in [-0.15, -0.1) is 0 Å². The molecular weight excluding hydrogens is 379 g/mol. The van der Waals surface area contributed by atoms with Crippen molar-refractivity contribution in [3.8, 4) is 0 Å². The van der Waals surface area contributed by atoms with Crippen molar-refractivity contribution in [3.05, 3.63) is 33.8 Å². The van der Waals surface area contributed by atoms with E-state index in [1.54, 1.807) is 0 Å². The van der Waals surface area contributed by atoms with Crippen LogP contribution < -0.4 is 0 Å². The molecule has 0 aromatic heterocycles. The number of amides is 1. The number of rotatable bonds is 5. The second-order valence-corrected chi connectivity index (χ2v) is 6.55. The van der Waals surface area contributed by atoms with Crippen LogP contribution in [0.15, 0.2) is 22.7 Å².